The van der Waals surface area contributed by atoms with Crippen LogP contribution in [0.25, 0.3) is 11.5 Å². The predicted molar refractivity (Wildman–Crippen MR) is 80.2 cm³/mol. The minimum atomic E-state index is -1.18. The zero-order valence-electron chi connectivity index (χ0n) is 13.0. The summed E-state index contributed by atoms with van der Waals surface area (Å²) < 4.78 is 32.3. The molecule has 0 saturated heterocycles. The summed E-state index contributed by atoms with van der Waals surface area (Å²) in [6, 6.07) is 2.16. The molecule has 24 heavy (non-hydrogen) atoms. The number of carbonyl (C=O) groups is 2. The summed E-state index contributed by atoms with van der Waals surface area (Å²) in [7, 11) is 0. The van der Waals surface area contributed by atoms with Gasteiger partial charge in [0.05, 0.1) is 0 Å². The fourth-order valence-corrected chi connectivity index (χ4v) is 2.12. The van der Waals surface area contributed by atoms with E-state index in [1.54, 1.807) is 0 Å². The van der Waals surface area contributed by atoms with Gasteiger partial charge in [-0.15, -0.1) is 0 Å². The number of carbonyl (C=O) groups excluding carboxylic acids is 1. The molecule has 2 aromatic rings. The van der Waals surface area contributed by atoms with Gasteiger partial charge in [-0.1, -0.05) is 19.9 Å². The number of carboxylic acid groups (broad SMARTS) is 1. The van der Waals surface area contributed by atoms with E-state index in [9.17, 15) is 18.4 Å². The van der Waals surface area contributed by atoms with E-state index >= 15 is 0 Å². The molecule has 2 rings (SSSR count). The van der Waals surface area contributed by atoms with E-state index in [1.807, 2.05) is 13.8 Å². The zero-order valence-corrected chi connectivity index (χ0v) is 13.0. The Hall–Kier alpha value is -2.77. The fraction of sp³-hybridized carbons (Fsp3) is 0.312. The van der Waals surface area contributed by atoms with Crippen LogP contribution in [0, 0.1) is 17.6 Å². The van der Waals surface area contributed by atoms with Crippen molar-refractivity contribution in [1.29, 1.82) is 0 Å². The maximum Gasteiger partial charge on any atom is 0.326 e. The van der Waals surface area contributed by atoms with Gasteiger partial charge in [-0.05, 0) is 24.5 Å². The lowest BCUT2D eigenvalue weighted by molar-refractivity contribution is -0.139. The molecule has 0 fully saturated rings. The van der Waals surface area contributed by atoms with Gasteiger partial charge in [-0.2, -0.15) is 0 Å². The van der Waals surface area contributed by atoms with Gasteiger partial charge < -0.3 is 14.8 Å². The molecular formula is C16H16F2N2O4. The van der Waals surface area contributed by atoms with Gasteiger partial charge in [0, 0.05) is 0 Å². The van der Waals surface area contributed by atoms with Crippen LogP contribution in [0.2, 0.25) is 0 Å². The molecule has 1 heterocycles. The van der Waals surface area contributed by atoms with Crippen LogP contribution < -0.4 is 5.32 Å². The second-order valence-corrected chi connectivity index (χ2v) is 5.63. The summed E-state index contributed by atoms with van der Waals surface area (Å²) in [6.45, 7) is 3.63. The second-order valence-electron chi connectivity index (χ2n) is 5.63. The van der Waals surface area contributed by atoms with Crippen LogP contribution in [0.3, 0.4) is 0 Å². The molecule has 0 aliphatic heterocycles. The van der Waals surface area contributed by atoms with Crippen molar-refractivity contribution in [3.8, 4) is 11.5 Å². The number of hydrogen-bond acceptors (Lipinski definition) is 4. The molecule has 0 aliphatic rings. The lowest BCUT2D eigenvalue weighted by Gasteiger charge is -2.15. The third-order valence-electron chi connectivity index (χ3n) is 3.22. The number of oxazole rings is 1. The van der Waals surface area contributed by atoms with Gasteiger partial charge in [0.1, 0.15) is 29.5 Å². The Morgan fingerprint density at radius 2 is 1.92 bits per heavy atom. The monoisotopic (exact) mass is 338 g/mol. The molecule has 0 bridgehead atoms. The number of aliphatic carboxylic acids is 1. The van der Waals surface area contributed by atoms with Crippen molar-refractivity contribution >= 4 is 11.9 Å². The first-order chi connectivity index (χ1) is 11.3. The van der Waals surface area contributed by atoms with Gasteiger partial charge >= 0.3 is 5.97 Å². The first kappa shape index (κ1) is 17.6. The SMILES string of the molecule is CC(C)C[C@@H](NC(=O)c1coc(-c2c(F)cccc2F)n1)C(=O)O. The van der Waals surface area contributed by atoms with E-state index in [-0.39, 0.29) is 18.0 Å². The number of aromatic nitrogens is 1. The molecule has 1 amide bonds. The van der Waals surface area contributed by atoms with Crippen molar-refractivity contribution in [3.05, 3.63) is 41.8 Å². The Kier molecular flexibility index (Phi) is 5.28. The number of halogens is 2. The van der Waals surface area contributed by atoms with Gasteiger partial charge in [-0.25, -0.2) is 18.6 Å². The van der Waals surface area contributed by atoms with Gasteiger partial charge in [0.25, 0.3) is 5.91 Å². The summed E-state index contributed by atoms with van der Waals surface area (Å²) in [6.07, 6.45) is 1.15. The minimum absolute atomic E-state index is 0.0479. The summed E-state index contributed by atoms with van der Waals surface area (Å²) in [5.74, 6) is -4.09. The molecule has 1 aromatic heterocycles. The number of nitrogens with zero attached hydrogens (tertiary/aromatic N) is 1. The van der Waals surface area contributed by atoms with Crippen molar-refractivity contribution in [1.82, 2.24) is 10.3 Å². The minimum Gasteiger partial charge on any atom is -0.480 e. The molecule has 0 spiro atoms. The van der Waals surface area contributed by atoms with E-state index in [1.165, 1.54) is 6.07 Å². The second kappa shape index (κ2) is 7.20. The highest BCUT2D eigenvalue weighted by Gasteiger charge is 2.24. The van der Waals surface area contributed by atoms with Crippen LogP contribution in [-0.4, -0.2) is 28.0 Å². The van der Waals surface area contributed by atoms with Crippen LogP contribution >= 0.6 is 0 Å². The molecule has 8 heteroatoms. The van der Waals surface area contributed by atoms with Crippen LogP contribution in [0.4, 0.5) is 8.78 Å². The molecule has 0 radical (unpaired) electrons. The number of rotatable bonds is 6. The standard InChI is InChI=1S/C16H16F2N2O4/c1-8(2)6-11(16(22)23)19-14(21)12-7-24-15(20-12)13-9(17)4-3-5-10(13)18/h3-5,7-8,11H,6H2,1-2H3,(H,19,21)(H,22,23)/t11-/m1/s1. The summed E-state index contributed by atoms with van der Waals surface area (Å²) in [5.41, 5.74) is -0.754. The smallest absolute Gasteiger partial charge is 0.326 e. The molecule has 1 aromatic carbocycles. The van der Waals surface area contributed by atoms with E-state index in [0.29, 0.717) is 0 Å². The fourth-order valence-electron chi connectivity index (χ4n) is 2.12. The molecule has 0 aliphatic carbocycles. The van der Waals surface area contributed by atoms with Gasteiger partial charge in [0.2, 0.25) is 5.89 Å². The van der Waals surface area contributed by atoms with Crippen molar-refractivity contribution in [2.24, 2.45) is 5.92 Å². The Labute approximate surface area is 136 Å². The highest BCUT2D eigenvalue weighted by Crippen LogP contribution is 2.25. The average Bonchev–Trinajstić information content (AvgIpc) is 2.95. The first-order valence-corrected chi connectivity index (χ1v) is 7.23. The maximum atomic E-state index is 13.7. The Balaban J connectivity index is 2.21. The van der Waals surface area contributed by atoms with Crippen molar-refractivity contribution in [3.63, 3.8) is 0 Å². The van der Waals surface area contributed by atoms with Gasteiger partial charge in [-0.3, -0.25) is 4.79 Å². The number of amides is 1. The van der Waals surface area contributed by atoms with Crippen molar-refractivity contribution in [2.45, 2.75) is 26.3 Å². The number of benzene rings is 1. The number of carboxylic acids is 1. The Morgan fingerprint density at radius 3 is 2.46 bits per heavy atom. The van der Waals surface area contributed by atoms with Crippen molar-refractivity contribution < 1.29 is 27.9 Å². The van der Waals surface area contributed by atoms with E-state index in [2.05, 4.69) is 10.3 Å². The van der Waals surface area contributed by atoms with Gasteiger partial charge in [0.15, 0.2) is 5.69 Å². The Bertz CT molecular complexity index is 738. The molecule has 0 saturated carbocycles. The molecule has 0 unspecified atom stereocenters. The molecule has 2 N–H and O–H groups in total. The van der Waals surface area contributed by atoms with Crippen molar-refractivity contribution in [2.75, 3.05) is 0 Å². The maximum absolute atomic E-state index is 13.7. The van der Waals surface area contributed by atoms with E-state index in [4.69, 9.17) is 9.52 Å². The highest BCUT2D eigenvalue weighted by molar-refractivity contribution is 5.95. The quantitative estimate of drug-likeness (QED) is 0.845. The lowest BCUT2D eigenvalue weighted by atomic mass is 10.0. The summed E-state index contributed by atoms with van der Waals surface area (Å²) in [5, 5.41) is 11.4. The number of hydrogen-bond donors (Lipinski definition) is 2. The summed E-state index contributed by atoms with van der Waals surface area (Å²) in [4.78, 5) is 27.0. The molecule has 128 valence electrons. The topological polar surface area (TPSA) is 92.4 Å². The largest absolute Gasteiger partial charge is 0.480 e. The predicted octanol–water partition coefficient (Wildman–Crippen LogP) is 2.85. The molecule has 1 atom stereocenters. The Morgan fingerprint density at radius 1 is 1.29 bits per heavy atom. The zero-order chi connectivity index (χ0) is 17.9. The lowest BCUT2D eigenvalue weighted by Crippen LogP contribution is -2.41. The first-order valence-electron chi connectivity index (χ1n) is 7.23. The van der Waals surface area contributed by atoms with Crippen LogP contribution in [0.5, 0.6) is 0 Å². The molecule has 6 nitrogen and oxygen atoms in total. The van der Waals surface area contributed by atoms with Crippen LogP contribution in [0.1, 0.15) is 30.8 Å². The normalized spacial score (nSPS) is 12.2. The number of nitrogens with one attached hydrogen (secondary N) is 1. The van der Waals surface area contributed by atoms with Crippen LogP contribution in [-0.2, 0) is 4.79 Å². The summed E-state index contributed by atoms with van der Waals surface area (Å²) >= 11 is 0. The highest BCUT2D eigenvalue weighted by atomic mass is 19.1. The van der Waals surface area contributed by atoms with E-state index < -0.39 is 41.0 Å². The third kappa shape index (κ3) is 3.95. The van der Waals surface area contributed by atoms with Crippen LogP contribution in [0.15, 0.2) is 28.9 Å². The molecular weight excluding hydrogens is 322 g/mol. The third-order valence-corrected chi connectivity index (χ3v) is 3.22. The average molecular weight is 338 g/mol. The van der Waals surface area contributed by atoms with E-state index in [0.717, 1.165) is 18.4 Å².